The maximum absolute atomic E-state index is 12.9. The van der Waals surface area contributed by atoms with Crippen molar-refractivity contribution in [2.75, 3.05) is 13.1 Å². The van der Waals surface area contributed by atoms with E-state index >= 15 is 0 Å². The zero-order chi connectivity index (χ0) is 24.4. The van der Waals surface area contributed by atoms with Crippen molar-refractivity contribution in [3.8, 4) is 0 Å². The Hall–Kier alpha value is -2.28. The van der Waals surface area contributed by atoms with Crippen LogP contribution < -0.4 is 10.0 Å². The van der Waals surface area contributed by atoms with Gasteiger partial charge in [-0.2, -0.15) is 4.31 Å². The molecule has 2 heterocycles. The molecular weight excluding hydrogens is 468 g/mol. The molecule has 0 spiro atoms. The van der Waals surface area contributed by atoms with Crippen LogP contribution in [0.3, 0.4) is 0 Å². The van der Waals surface area contributed by atoms with E-state index < -0.39 is 20.0 Å². The number of rotatable bonds is 8. The van der Waals surface area contributed by atoms with E-state index in [-0.39, 0.29) is 53.1 Å². The highest BCUT2D eigenvalue weighted by Crippen LogP contribution is 2.27. The first-order chi connectivity index (χ1) is 15.4. The van der Waals surface area contributed by atoms with Crippen LogP contribution >= 0.6 is 0 Å². The number of hydrogen-bond acceptors (Lipinski definition) is 7. The Morgan fingerprint density at radius 1 is 1.18 bits per heavy atom. The third-order valence-electron chi connectivity index (χ3n) is 5.46. The zero-order valence-corrected chi connectivity index (χ0v) is 20.8. The summed E-state index contributed by atoms with van der Waals surface area (Å²) in [6.45, 7) is 7.26. The van der Waals surface area contributed by atoms with Gasteiger partial charge in [0.25, 0.3) is 0 Å². The van der Waals surface area contributed by atoms with E-state index in [1.54, 1.807) is 39.8 Å². The van der Waals surface area contributed by atoms with Crippen molar-refractivity contribution in [3.05, 3.63) is 41.3 Å². The van der Waals surface area contributed by atoms with Crippen LogP contribution in [0.2, 0.25) is 0 Å². The monoisotopic (exact) mass is 498 g/mol. The van der Waals surface area contributed by atoms with Gasteiger partial charge in [0.05, 0.1) is 4.90 Å². The summed E-state index contributed by atoms with van der Waals surface area (Å²) in [6.07, 6.45) is 0.780. The highest BCUT2D eigenvalue weighted by atomic mass is 32.2. The number of benzene rings is 1. The Labute approximate surface area is 194 Å². The Balaban J connectivity index is 1.58. The van der Waals surface area contributed by atoms with E-state index in [1.165, 1.54) is 16.4 Å². The average Bonchev–Trinajstić information content (AvgIpc) is 3.10. The minimum Gasteiger partial charge on any atom is -0.360 e. The predicted molar refractivity (Wildman–Crippen MR) is 121 cm³/mol. The van der Waals surface area contributed by atoms with Crippen molar-refractivity contribution in [3.63, 3.8) is 0 Å². The second-order valence-corrected chi connectivity index (χ2v) is 12.1. The predicted octanol–water partition coefficient (Wildman–Crippen LogP) is 1.70. The van der Waals surface area contributed by atoms with Crippen molar-refractivity contribution in [2.24, 2.45) is 5.92 Å². The third-order valence-corrected chi connectivity index (χ3v) is 9.26. The fourth-order valence-corrected chi connectivity index (χ4v) is 6.95. The summed E-state index contributed by atoms with van der Waals surface area (Å²) < 4.78 is 59.5. The number of sulfonamides is 2. The van der Waals surface area contributed by atoms with E-state index in [4.69, 9.17) is 4.52 Å². The maximum atomic E-state index is 12.9. The van der Waals surface area contributed by atoms with Crippen molar-refractivity contribution in [2.45, 2.75) is 62.9 Å². The Kier molecular flexibility index (Phi) is 7.62. The lowest BCUT2D eigenvalue weighted by atomic mass is 9.97. The highest BCUT2D eigenvalue weighted by Gasteiger charge is 2.35. The van der Waals surface area contributed by atoms with Gasteiger partial charge in [0.2, 0.25) is 26.0 Å². The SMILES string of the molecule is Cc1noc(C)c1S(=O)(=O)N1CCC(C(=O)NCc2cccc(S(=O)(=O)NC(C)C)c2)CC1. The zero-order valence-electron chi connectivity index (χ0n) is 19.2. The number of carbonyl (C=O) groups excluding carboxylic acids is 1. The average molecular weight is 499 g/mol. The molecule has 1 aliphatic rings. The van der Waals surface area contributed by atoms with Crippen LogP contribution in [0.5, 0.6) is 0 Å². The smallest absolute Gasteiger partial charge is 0.248 e. The summed E-state index contributed by atoms with van der Waals surface area (Å²) in [7, 11) is -7.35. The van der Waals surface area contributed by atoms with Crippen molar-refractivity contribution in [1.29, 1.82) is 0 Å². The Morgan fingerprint density at radius 3 is 2.42 bits per heavy atom. The first-order valence-corrected chi connectivity index (χ1v) is 13.7. The van der Waals surface area contributed by atoms with Crippen molar-refractivity contribution >= 4 is 26.0 Å². The lowest BCUT2D eigenvalue weighted by Crippen LogP contribution is -2.43. The molecule has 3 rings (SSSR count). The molecule has 1 fully saturated rings. The highest BCUT2D eigenvalue weighted by molar-refractivity contribution is 7.89. The topological polar surface area (TPSA) is 139 Å². The second-order valence-electron chi connectivity index (χ2n) is 8.47. The molecule has 0 aliphatic carbocycles. The molecule has 2 aromatic rings. The van der Waals surface area contributed by atoms with E-state index in [0.29, 0.717) is 24.1 Å². The first-order valence-electron chi connectivity index (χ1n) is 10.7. The second kappa shape index (κ2) is 9.92. The normalized spacial score (nSPS) is 16.3. The van der Waals surface area contributed by atoms with Gasteiger partial charge < -0.3 is 9.84 Å². The molecule has 2 N–H and O–H groups in total. The summed E-state index contributed by atoms with van der Waals surface area (Å²) in [5.74, 6) is -0.256. The quantitative estimate of drug-likeness (QED) is 0.565. The number of nitrogens with one attached hydrogen (secondary N) is 2. The molecule has 0 radical (unpaired) electrons. The fourth-order valence-electron chi connectivity index (χ4n) is 3.86. The molecule has 10 nitrogen and oxygen atoms in total. The molecule has 1 aliphatic heterocycles. The van der Waals surface area contributed by atoms with Gasteiger partial charge in [-0.05, 0) is 58.2 Å². The Bertz CT molecular complexity index is 1190. The van der Waals surface area contributed by atoms with Crippen LogP contribution in [0.4, 0.5) is 0 Å². The summed E-state index contributed by atoms with van der Waals surface area (Å²) in [5, 5.41) is 6.56. The molecule has 1 saturated heterocycles. The number of amides is 1. The lowest BCUT2D eigenvalue weighted by Gasteiger charge is -2.30. The molecular formula is C21H30N4O6S2. The van der Waals surface area contributed by atoms with E-state index in [9.17, 15) is 21.6 Å². The molecule has 0 atom stereocenters. The first kappa shape index (κ1) is 25.3. The summed E-state index contributed by atoms with van der Waals surface area (Å²) >= 11 is 0. The summed E-state index contributed by atoms with van der Waals surface area (Å²) in [6, 6.07) is 6.18. The van der Waals surface area contributed by atoms with Gasteiger partial charge in [-0.1, -0.05) is 17.3 Å². The minimum atomic E-state index is -3.73. The minimum absolute atomic E-state index is 0.0900. The fraction of sp³-hybridized carbons (Fsp3) is 0.524. The van der Waals surface area contributed by atoms with Gasteiger partial charge in [-0.15, -0.1) is 0 Å². The van der Waals surface area contributed by atoms with Gasteiger partial charge in [0.15, 0.2) is 5.76 Å². The van der Waals surface area contributed by atoms with Crippen LogP contribution in [0.15, 0.2) is 38.6 Å². The van der Waals surface area contributed by atoms with Crippen LogP contribution in [-0.4, -0.2) is 51.3 Å². The van der Waals surface area contributed by atoms with Crippen molar-refractivity contribution < 1.29 is 26.2 Å². The van der Waals surface area contributed by atoms with E-state index in [1.807, 2.05) is 0 Å². The van der Waals surface area contributed by atoms with Gasteiger partial charge >= 0.3 is 0 Å². The van der Waals surface area contributed by atoms with Crippen LogP contribution in [0.1, 0.15) is 43.7 Å². The van der Waals surface area contributed by atoms with E-state index in [0.717, 1.165) is 0 Å². The number of aryl methyl sites for hydroxylation is 2. The van der Waals surface area contributed by atoms with Crippen LogP contribution in [0, 0.1) is 19.8 Å². The third kappa shape index (κ3) is 5.81. The van der Waals surface area contributed by atoms with E-state index in [2.05, 4.69) is 15.2 Å². The molecule has 182 valence electrons. The van der Waals surface area contributed by atoms with Crippen LogP contribution in [0.25, 0.3) is 0 Å². The lowest BCUT2D eigenvalue weighted by molar-refractivity contribution is -0.126. The largest absolute Gasteiger partial charge is 0.360 e. The number of carbonyl (C=O) groups is 1. The van der Waals surface area contributed by atoms with Gasteiger partial charge in [0, 0.05) is 31.6 Å². The van der Waals surface area contributed by atoms with Gasteiger partial charge in [0.1, 0.15) is 10.6 Å². The molecule has 33 heavy (non-hydrogen) atoms. The number of hydrogen-bond donors (Lipinski definition) is 2. The van der Waals surface area contributed by atoms with Gasteiger partial charge in [-0.3, -0.25) is 4.79 Å². The maximum Gasteiger partial charge on any atom is 0.248 e. The van der Waals surface area contributed by atoms with Crippen molar-refractivity contribution in [1.82, 2.24) is 19.5 Å². The molecule has 0 unspecified atom stereocenters. The molecule has 12 heteroatoms. The number of aromatic nitrogens is 1. The Morgan fingerprint density at radius 2 is 1.85 bits per heavy atom. The molecule has 1 aromatic heterocycles. The molecule has 1 amide bonds. The molecule has 0 bridgehead atoms. The molecule has 0 saturated carbocycles. The number of nitrogens with zero attached hydrogens (tertiary/aromatic N) is 2. The van der Waals surface area contributed by atoms with Crippen LogP contribution in [-0.2, 0) is 31.4 Å². The van der Waals surface area contributed by atoms with Gasteiger partial charge in [-0.25, -0.2) is 21.6 Å². The summed E-state index contributed by atoms with van der Waals surface area (Å²) in [4.78, 5) is 12.9. The molecule has 1 aromatic carbocycles. The summed E-state index contributed by atoms with van der Waals surface area (Å²) in [5.41, 5.74) is 0.980. The number of piperidine rings is 1. The standard InChI is InChI=1S/C21H30N4O6S2/c1-14(2)24-32(27,28)19-7-5-6-17(12-19)13-22-21(26)18-8-10-25(11-9-18)33(29,30)20-15(3)23-31-16(20)4/h5-7,12,14,18,24H,8-11,13H2,1-4H3,(H,22,26).